The zero-order chi connectivity index (χ0) is 14.3. The van der Waals surface area contributed by atoms with E-state index in [1.807, 2.05) is 0 Å². The van der Waals surface area contributed by atoms with Gasteiger partial charge in [-0.3, -0.25) is 4.79 Å². The van der Waals surface area contributed by atoms with Crippen molar-refractivity contribution in [2.24, 2.45) is 0 Å². The standard InChI is InChI=1S/C8H11F3N4O3S/c9-8(10,11)5-18-2-1-3-19-7-12-13-14-15(7)4-6(16)17/h1-5H2,(H,16,17). The lowest BCUT2D eigenvalue weighted by molar-refractivity contribution is -0.173. The van der Waals surface area contributed by atoms with Crippen molar-refractivity contribution in [1.82, 2.24) is 20.2 Å². The molecule has 0 aliphatic heterocycles. The maximum atomic E-state index is 11.7. The lowest BCUT2D eigenvalue weighted by atomic mass is 10.5. The average Bonchev–Trinajstić information content (AvgIpc) is 2.68. The molecule has 0 saturated carbocycles. The number of hydrogen-bond donors (Lipinski definition) is 1. The third-order valence-corrected chi connectivity index (χ3v) is 2.76. The number of hydrogen-bond acceptors (Lipinski definition) is 6. The van der Waals surface area contributed by atoms with E-state index in [1.54, 1.807) is 0 Å². The third-order valence-electron chi connectivity index (χ3n) is 1.71. The molecule has 0 fully saturated rings. The monoisotopic (exact) mass is 300 g/mol. The molecule has 1 aromatic rings. The van der Waals surface area contributed by atoms with E-state index in [4.69, 9.17) is 5.11 Å². The van der Waals surface area contributed by atoms with Gasteiger partial charge in [0, 0.05) is 12.4 Å². The number of aliphatic carboxylic acids is 1. The second kappa shape index (κ2) is 7.28. The van der Waals surface area contributed by atoms with Crippen LogP contribution in [0.25, 0.3) is 0 Å². The molecule has 0 atom stereocenters. The van der Waals surface area contributed by atoms with Gasteiger partial charge in [-0.25, -0.2) is 4.68 Å². The highest BCUT2D eigenvalue weighted by atomic mass is 32.2. The van der Waals surface area contributed by atoms with Gasteiger partial charge in [-0.15, -0.1) is 5.10 Å². The van der Waals surface area contributed by atoms with Gasteiger partial charge < -0.3 is 9.84 Å². The third kappa shape index (κ3) is 6.96. The Bertz CT molecular complexity index is 412. The summed E-state index contributed by atoms with van der Waals surface area (Å²) in [6.45, 7) is -1.67. The number of alkyl halides is 3. The minimum atomic E-state index is -4.32. The Labute approximate surface area is 110 Å². The van der Waals surface area contributed by atoms with Crippen LogP contribution in [0.15, 0.2) is 5.16 Å². The summed E-state index contributed by atoms with van der Waals surface area (Å²) in [6.07, 6.45) is -3.95. The number of carboxylic acid groups (broad SMARTS) is 1. The van der Waals surface area contributed by atoms with Crippen molar-refractivity contribution in [3.8, 4) is 0 Å². The summed E-state index contributed by atoms with van der Waals surface area (Å²) in [7, 11) is 0. The predicted octanol–water partition coefficient (Wildman–Crippen LogP) is 0.819. The molecule has 11 heteroatoms. The van der Waals surface area contributed by atoms with Crippen molar-refractivity contribution in [3.63, 3.8) is 0 Å². The van der Waals surface area contributed by atoms with Crippen molar-refractivity contribution in [1.29, 1.82) is 0 Å². The largest absolute Gasteiger partial charge is 0.480 e. The Hall–Kier alpha value is -1.36. The van der Waals surface area contributed by atoms with Gasteiger partial charge in [0.1, 0.15) is 13.2 Å². The van der Waals surface area contributed by atoms with Gasteiger partial charge in [0.05, 0.1) is 0 Å². The molecule has 1 N–H and O–H groups in total. The number of rotatable bonds is 8. The molecule has 0 radical (unpaired) electrons. The molecular formula is C8H11F3N4O3S. The summed E-state index contributed by atoms with van der Waals surface area (Å²) >= 11 is 1.16. The molecule has 0 unspecified atom stereocenters. The van der Waals surface area contributed by atoms with E-state index in [9.17, 15) is 18.0 Å². The highest BCUT2D eigenvalue weighted by Gasteiger charge is 2.27. The maximum Gasteiger partial charge on any atom is 0.411 e. The van der Waals surface area contributed by atoms with Crippen LogP contribution in [0.5, 0.6) is 0 Å². The lowest BCUT2D eigenvalue weighted by Crippen LogP contribution is -2.17. The second-order valence-electron chi connectivity index (χ2n) is 3.38. The molecule has 0 aliphatic carbocycles. The minimum Gasteiger partial charge on any atom is -0.480 e. The zero-order valence-electron chi connectivity index (χ0n) is 9.63. The Kier molecular flexibility index (Phi) is 6.02. The highest BCUT2D eigenvalue weighted by molar-refractivity contribution is 7.99. The summed E-state index contributed by atoms with van der Waals surface area (Å²) in [5.41, 5.74) is 0. The van der Waals surface area contributed by atoms with Gasteiger partial charge in [-0.1, -0.05) is 11.8 Å². The zero-order valence-corrected chi connectivity index (χ0v) is 10.4. The molecule has 19 heavy (non-hydrogen) atoms. The summed E-state index contributed by atoms with van der Waals surface area (Å²) in [6, 6.07) is 0. The Morgan fingerprint density at radius 2 is 2.21 bits per heavy atom. The molecule has 0 aliphatic rings. The van der Waals surface area contributed by atoms with Crippen molar-refractivity contribution >= 4 is 17.7 Å². The fourth-order valence-corrected chi connectivity index (χ4v) is 1.83. The molecule has 7 nitrogen and oxygen atoms in total. The molecular weight excluding hydrogens is 289 g/mol. The van der Waals surface area contributed by atoms with E-state index in [0.29, 0.717) is 17.3 Å². The molecule has 0 spiro atoms. The average molecular weight is 300 g/mol. The molecule has 0 aromatic carbocycles. The number of thioether (sulfide) groups is 1. The molecule has 0 bridgehead atoms. The normalized spacial score (nSPS) is 11.7. The topological polar surface area (TPSA) is 90.1 Å². The van der Waals surface area contributed by atoms with E-state index >= 15 is 0 Å². The first-order valence-corrected chi connectivity index (χ1v) is 6.12. The molecule has 1 rings (SSSR count). The Morgan fingerprint density at radius 1 is 1.47 bits per heavy atom. The van der Waals surface area contributed by atoms with Gasteiger partial charge in [-0.05, 0) is 16.8 Å². The van der Waals surface area contributed by atoms with Crippen LogP contribution in [0.4, 0.5) is 13.2 Å². The van der Waals surface area contributed by atoms with Crippen LogP contribution >= 0.6 is 11.8 Å². The first-order valence-electron chi connectivity index (χ1n) is 5.14. The molecule has 108 valence electrons. The SMILES string of the molecule is O=C(O)Cn1nnnc1SCCCOCC(F)(F)F. The lowest BCUT2D eigenvalue weighted by Gasteiger charge is -2.07. The van der Waals surface area contributed by atoms with Crippen molar-refractivity contribution in [2.75, 3.05) is 19.0 Å². The van der Waals surface area contributed by atoms with E-state index in [1.165, 1.54) is 0 Å². The van der Waals surface area contributed by atoms with Crippen LogP contribution in [0, 0.1) is 0 Å². The van der Waals surface area contributed by atoms with E-state index in [2.05, 4.69) is 20.3 Å². The smallest absolute Gasteiger partial charge is 0.411 e. The first-order chi connectivity index (χ1) is 8.88. The van der Waals surface area contributed by atoms with Gasteiger partial charge in [0.15, 0.2) is 0 Å². The van der Waals surface area contributed by atoms with Crippen LogP contribution in [0.3, 0.4) is 0 Å². The first kappa shape index (κ1) is 15.7. The molecule has 1 heterocycles. The fourth-order valence-electron chi connectivity index (χ4n) is 1.04. The Morgan fingerprint density at radius 3 is 2.84 bits per heavy atom. The van der Waals surface area contributed by atoms with Crippen molar-refractivity contribution in [3.05, 3.63) is 0 Å². The molecule has 0 saturated heterocycles. The number of nitrogens with zero attached hydrogens (tertiary/aromatic N) is 4. The van der Waals surface area contributed by atoms with E-state index in [-0.39, 0.29) is 13.2 Å². The van der Waals surface area contributed by atoms with Crippen LogP contribution in [-0.4, -0.2) is 56.4 Å². The molecule has 1 aromatic heterocycles. The summed E-state index contributed by atoms with van der Waals surface area (Å²) in [5, 5.41) is 19.3. The number of halogens is 3. The number of carboxylic acids is 1. The van der Waals surface area contributed by atoms with E-state index in [0.717, 1.165) is 16.4 Å². The highest BCUT2D eigenvalue weighted by Crippen LogP contribution is 2.16. The van der Waals surface area contributed by atoms with Gasteiger partial charge in [-0.2, -0.15) is 13.2 Å². The van der Waals surface area contributed by atoms with Crippen molar-refractivity contribution < 1.29 is 27.8 Å². The molecule has 0 amide bonds. The van der Waals surface area contributed by atoms with Crippen molar-refractivity contribution in [2.45, 2.75) is 24.3 Å². The summed E-state index contributed by atoms with van der Waals surface area (Å²) in [5.74, 6) is -0.652. The second-order valence-corrected chi connectivity index (χ2v) is 4.44. The minimum absolute atomic E-state index is 0.0347. The quantitative estimate of drug-likeness (QED) is 0.561. The number of carbonyl (C=O) groups is 1. The maximum absolute atomic E-state index is 11.7. The van der Waals surface area contributed by atoms with Crippen LogP contribution in [0.1, 0.15) is 6.42 Å². The van der Waals surface area contributed by atoms with Crippen LogP contribution < -0.4 is 0 Å². The fraction of sp³-hybridized carbons (Fsp3) is 0.750. The van der Waals surface area contributed by atoms with Gasteiger partial charge >= 0.3 is 12.1 Å². The summed E-state index contributed by atoms with van der Waals surface area (Å²) in [4.78, 5) is 10.5. The Balaban J connectivity index is 2.19. The number of aromatic nitrogens is 4. The van der Waals surface area contributed by atoms with Crippen LogP contribution in [-0.2, 0) is 16.1 Å². The number of ether oxygens (including phenoxy) is 1. The van der Waals surface area contributed by atoms with E-state index < -0.39 is 18.8 Å². The van der Waals surface area contributed by atoms with Gasteiger partial charge in [0.2, 0.25) is 5.16 Å². The number of tetrazole rings is 1. The predicted molar refractivity (Wildman–Crippen MR) is 57.7 cm³/mol. The van der Waals surface area contributed by atoms with Gasteiger partial charge in [0.25, 0.3) is 0 Å². The summed E-state index contributed by atoms with van der Waals surface area (Å²) < 4.78 is 40.8. The van der Waals surface area contributed by atoms with Crippen LogP contribution in [0.2, 0.25) is 0 Å².